The predicted octanol–water partition coefficient (Wildman–Crippen LogP) is 2.13. The van der Waals surface area contributed by atoms with E-state index < -0.39 is 0 Å². The van der Waals surface area contributed by atoms with Gasteiger partial charge in [-0.05, 0) is 56.2 Å². The van der Waals surface area contributed by atoms with E-state index >= 15 is 0 Å². The molecule has 1 atom stereocenters. The van der Waals surface area contributed by atoms with Crippen molar-refractivity contribution in [2.75, 3.05) is 19.6 Å². The molecular weight excluding hydrogens is 248 g/mol. The molecule has 3 nitrogen and oxygen atoms in total. The molecule has 1 saturated carbocycles. The van der Waals surface area contributed by atoms with Gasteiger partial charge in [-0.1, -0.05) is 30.3 Å². The standard InChI is InChI=1S/C17H24N2O/c20-16(15-13-17(15)8-11-18-12-9-17)19-10-4-7-14-5-2-1-3-6-14/h1-3,5-6,15,18H,4,7-13H2,(H,19,20)/t15-/m0/s1. The van der Waals surface area contributed by atoms with Crippen molar-refractivity contribution in [2.24, 2.45) is 11.3 Å². The Morgan fingerprint density at radius 1 is 1.25 bits per heavy atom. The van der Waals surface area contributed by atoms with Crippen molar-refractivity contribution in [3.63, 3.8) is 0 Å². The second-order valence-electron chi connectivity index (χ2n) is 6.25. The zero-order valence-electron chi connectivity index (χ0n) is 12.0. The number of hydrogen-bond acceptors (Lipinski definition) is 2. The maximum Gasteiger partial charge on any atom is 0.223 e. The SMILES string of the molecule is O=C(NCCCc1ccccc1)[C@@H]1CC12CCNCC2. The first kappa shape index (κ1) is 13.6. The average molecular weight is 272 g/mol. The number of amides is 1. The number of carbonyl (C=O) groups excluding carboxylic acids is 1. The summed E-state index contributed by atoms with van der Waals surface area (Å²) in [6, 6.07) is 10.5. The Balaban J connectivity index is 1.36. The summed E-state index contributed by atoms with van der Waals surface area (Å²) >= 11 is 0. The minimum absolute atomic E-state index is 0.292. The zero-order valence-corrected chi connectivity index (χ0v) is 12.0. The third kappa shape index (κ3) is 3.04. The van der Waals surface area contributed by atoms with Crippen molar-refractivity contribution < 1.29 is 4.79 Å². The lowest BCUT2D eigenvalue weighted by Crippen LogP contribution is -2.34. The van der Waals surface area contributed by atoms with Crippen LogP contribution in [0.3, 0.4) is 0 Å². The minimum Gasteiger partial charge on any atom is -0.356 e. The van der Waals surface area contributed by atoms with Crippen molar-refractivity contribution in [3.05, 3.63) is 35.9 Å². The summed E-state index contributed by atoms with van der Waals surface area (Å²) in [6.07, 6.45) is 5.53. The van der Waals surface area contributed by atoms with Crippen LogP contribution in [0.15, 0.2) is 30.3 Å². The molecule has 0 aromatic heterocycles. The number of rotatable bonds is 5. The maximum absolute atomic E-state index is 12.2. The highest BCUT2D eigenvalue weighted by Gasteiger charge is 2.57. The molecule has 2 fully saturated rings. The van der Waals surface area contributed by atoms with Gasteiger partial charge in [0.2, 0.25) is 5.91 Å². The summed E-state index contributed by atoms with van der Waals surface area (Å²) < 4.78 is 0. The quantitative estimate of drug-likeness (QED) is 0.806. The van der Waals surface area contributed by atoms with Gasteiger partial charge in [0.05, 0.1) is 0 Å². The van der Waals surface area contributed by atoms with Crippen molar-refractivity contribution >= 4 is 5.91 Å². The molecule has 3 heteroatoms. The summed E-state index contributed by atoms with van der Waals surface area (Å²) in [7, 11) is 0. The first-order valence-corrected chi connectivity index (χ1v) is 7.83. The van der Waals surface area contributed by atoms with E-state index in [9.17, 15) is 4.79 Å². The number of benzene rings is 1. The van der Waals surface area contributed by atoms with Gasteiger partial charge in [0.1, 0.15) is 0 Å². The first-order chi connectivity index (χ1) is 9.80. The zero-order chi connectivity index (χ0) is 13.8. The van der Waals surface area contributed by atoms with Crippen LogP contribution in [0.4, 0.5) is 0 Å². The van der Waals surface area contributed by atoms with Crippen molar-refractivity contribution in [1.29, 1.82) is 0 Å². The Labute approximate surface area is 121 Å². The monoisotopic (exact) mass is 272 g/mol. The molecule has 0 radical (unpaired) electrons. The van der Waals surface area contributed by atoms with E-state index in [1.165, 1.54) is 18.4 Å². The molecule has 1 amide bonds. The second-order valence-corrected chi connectivity index (χ2v) is 6.25. The van der Waals surface area contributed by atoms with E-state index in [2.05, 4.69) is 34.9 Å². The molecular formula is C17H24N2O. The molecule has 1 aromatic carbocycles. The lowest BCUT2D eigenvalue weighted by molar-refractivity contribution is -0.123. The van der Waals surface area contributed by atoms with Crippen LogP contribution in [0.5, 0.6) is 0 Å². The summed E-state index contributed by atoms with van der Waals surface area (Å²) in [4.78, 5) is 12.2. The molecule has 2 N–H and O–H groups in total. The smallest absolute Gasteiger partial charge is 0.223 e. The highest BCUT2D eigenvalue weighted by Crippen LogP contribution is 2.58. The van der Waals surface area contributed by atoms with E-state index in [1.54, 1.807) is 0 Å². The molecule has 0 bridgehead atoms. The van der Waals surface area contributed by atoms with Crippen LogP contribution in [-0.4, -0.2) is 25.5 Å². The van der Waals surface area contributed by atoms with Gasteiger partial charge >= 0.3 is 0 Å². The molecule has 108 valence electrons. The topological polar surface area (TPSA) is 41.1 Å². The highest BCUT2D eigenvalue weighted by molar-refractivity contribution is 5.82. The molecule has 2 aliphatic rings. The largest absolute Gasteiger partial charge is 0.356 e. The summed E-state index contributed by atoms with van der Waals surface area (Å²) in [5.74, 6) is 0.585. The molecule has 1 spiro atoms. The lowest BCUT2D eigenvalue weighted by Gasteiger charge is -2.23. The Morgan fingerprint density at radius 2 is 2.00 bits per heavy atom. The van der Waals surface area contributed by atoms with Crippen LogP contribution in [0.2, 0.25) is 0 Å². The fourth-order valence-electron chi connectivity index (χ4n) is 3.47. The van der Waals surface area contributed by atoms with Gasteiger partial charge < -0.3 is 10.6 Å². The van der Waals surface area contributed by atoms with Crippen LogP contribution in [0, 0.1) is 11.3 Å². The Kier molecular flexibility index (Phi) is 4.06. The van der Waals surface area contributed by atoms with Crippen molar-refractivity contribution in [1.82, 2.24) is 10.6 Å². The Morgan fingerprint density at radius 3 is 2.75 bits per heavy atom. The van der Waals surface area contributed by atoms with Crippen LogP contribution in [-0.2, 0) is 11.2 Å². The third-order valence-electron chi connectivity index (χ3n) is 4.89. The van der Waals surface area contributed by atoms with Crippen LogP contribution < -0.4 is 10.6 Å². The number of aryl methyl sites for hydroxylation is 1. The Bertz CT molecular complexity index is 451. The maximum atomic E-state index is 12.2. The van der Waals surface area contributed by atoms with Crippen LogP contribution in [0.25, 0.3) is 0 Å². The number of nitrogens with one attached hydrogen (secondary N) is 2. The minimum atomic E-state index is 0.292. The average Bonchev–Trinajstić information content (AvgIpc) is 3.19. The van der Waals surface area contributed by atoms with E-state index in [0.29, 0.717) is 17.2 Å². The van der Waals surface area contributed by atoms with E-state index in [4.69, 9.17) is 0 Å². The van der Waals surface area contributed by atoms with Crippen LogP contribution >= 0.6 is 0 Å². The van der Waals surface area contributed by atoms with Gasteiger partial charge in [-0.3, -0.25) is 4.79 Å². The second kappa shape index (κ2) is 5.96. The summed E-state index contributed by atoms with van der Waals surface area (Å²) in [5.41, 5.74) is 1.71. The summed E-state index contributed by atoms with van der Waals surface area (Å²) in [6.45, 7) is 2.97. The van der Waals surface area contributed by atoms with Crippen molar-refractivity contribution in [3.8, 4) is 0 Å². The molecule has 1 saturated heterocycles. The molecule has 1 aromatic rings. The number of hydrogen-bond donors (Lipinski definition) is 2. The van der Waals surface area contributed by atoms with Gasteiger partial charge in [-0.25, -0.2) is 0 Å². The molecule has 0 unspecified atom stereocenters. The van der Waals surface area contributed by atoms with Gasteiger partial charge in [0, 0.05) is 12.5 Å². The molecule has 1 heterocycles. The van der Waals surface area contributed by atoms with Crippen LogP contribution in [0.1, 0.15) is 31.2 Å². The molecule has 20 heavy (non-hydrogen) atoms. The van der Waals surface area contributed by atoms with E-state index in [-0.39, 0.29) is 0 Å². The van der Waals surface area contributed by atoms with E-state index in [0.717, 1.165) is 38.9 Å². The van der Waals surface area contributed by atoms with Gasteiger partial charge in [-0.15, -0.1) is 0 Å². The predicted molar refractivity (Wildman–Crippen MR) is 80.4 cm³/mol. The fraction of sp³-hybridized carbons (Fsp3) is 0.588. The van der Waals surface area contributed by atoms with E-state index in [1.807, 2.05) is 6.07 Å². The lowest BCUT2D eigenvalue weighted by atomic mass is 9.92. The number of carbonyl (C=O) groups is 1. The summed E-state index contributed by atoms with van der Waals surface area (Å²) in [5, 5.41) is 6.51. The fourth-order valence-corrected chi connectivity index (χ4v) is 3.47. The molecule has 3 rings (SSSR count). The Hall–Kier alpha value is -1.35. The first-order valence-electron chi connectivity index (χ1n) is 7.83. The van der Waals surface area contributed by atoms with Gasteiger partial charge in [0.15, 0.2) is 0 Å². The van der Waals surface area contributed by atoms with Gasteiger partial charge in [-0.2, -0.15) is 0 Å². The highest BCUT2D eigenvalue weighted by atomic mass is 16.2. The normalized spacial score (nSPS) is 23.5. The molecule has 1 aliphatic carbocycles. The third-order valence-corrected chi connectivity index (χ3v) is 4.89. The van der Waals surface area contributed by atoms with Gasteiger partial charge in [0.25, 0.3) is 0 Å². The molecule has 1 aliphatic heterocycles. The van der Waals surface area contributed by atoms with Crippen molar-refractivity contribution in [2.45, 2.75) is 32.1 Å². The number of piperidine rings is 1.